The number of halogens is 3. The second-order valence-electron chi connectivity index (χ2n) is 7.05. The van der Waals surface area contributed by atoms with Gasteiger partial charge in [-0.25, -0.2) is 0 Å². The fraction of sp³-hybridized carbons (Fsp3) is 0.600. The van der Waals surface area contributed by atoms with Crippen molar-refractivity contribution in [2.75, 3.05) is 33.3 Å². The molecule has 0 spiro atoms. The van der Waals surface area contributed by atoms with Crippen LogP contribution in [-0.4, -0.2) is 54.9 Å². The van der Waals surface area contributed by atoms with Crippen molar-refractivity contribution in [2.45, 2.75) is 38.8 Å². The second kappa shape index (κ2) is 9.80. The van der Waals surface area contributed by atoms with Crippen molar-refractivity contribution in [3.05, 3.63) is 29.8 Å². The molecule has 0 aliphatic carbocycles. The Balaban J connectivity index is 1.84. The molecule has 2 rings (SSSR count). The van der Waals surface area contributed by atoms with Gasteiger partial charge < -0.3 is 14.5 Å². The monoisotopic (exact) mass is 400 g/mol. The largest absolute Gasteiger partial charge is 0.483 e. The van der Waals surface area contributed by atoms with Gasteiger partial charge in [0.1, 0.15) is 5.75 Å². The molecule has 0 N–H and O–H groups in total. The van der Waals surface area contributed by atoms with E-state index in [1.165, 1.54) is 18.2 Å². The summed E-state index contributed by atoms with van der Waals surface area (Å²) in [5.74, 6) is -0.748. The van der Waals surface area contributed by atoms with Crippen LogP contribution in [0.3, 0.4) is 0 Å². The standard InChI is InChI=1S/C20H27F3N2O3/c1-3-4-11-24(2)19(27)15-9-12-25(13-10-15)18(26)14-28-17-8-6-5-7-16(17)20(21,22)23/h5-8,15H,3-4,9-14H2,1-2H3. The van der Waals surface area contributed by atoms with Gasteiger partial charge in [0.25, 0.3) is 5.91 Å². The Kier molecular flexibility index (Phi) is 7.71. The van der Waals surface area contributed by atoms with Crippen LogP contribution < -0.4 is 4.74 Å². The summed E-state index contributed by atoms with van der Waals surface area (Å²) in [5.41, 5.74) is -0.901. The molecule has 0 unspecified atom stereocenters. The minimum Gasteiger partial charge on any atom is -0.483 e. The number of ether oxygens (including phenoxy) is 1. The molecule has 28 heavy (non-hydrogen) atoms. The molecule has 0 atom stereocenters. The lowest BCUT2D eigenvalue weighted by molar-refractivity contribution is -0.142. The number of carbonyl (C=O) groups is 2. The highest BCUT2D eigenvalue weighted by Crippen LogP contribution is 2.35. The number of hydrogen-bond donors (Lipinski definition) is 0. The van der Waals surface area contributed by atoms with Crippen molar-refractivity contribution >= 4 is 11.8 Å². The van der Waals surface area contributed by atoms with Crippen molar-refractivity contribution in [2.24, 2.45) is 5.92 Å². The molecule has 2 amide bonds. The van der Waals surface area contributed by atoms with E-state index in [2.05, 4.69) is 6.92 Å². The summed E-state index contributed by atoms with van der Waals surface area (Å²) in [5, 5.41) is 0. The number of para-hydroxylation sites is 1. The van der Waals surface area contributed by atoms with Gasteiger partial charge in [0.15, 0.2) is 6.61 Å². The number of carbonyl (C=O) groups excluding carboxylic acids is 2. The fourth-order valence-electron chi connectivity index (χ4n) is 3.25. The number of alkyl halides is 3. The number of amides is 2. The predicted octanol–water partition coefficient (Wildman–Crippen LogP) is 3.58. The third-order valence-corrected chi connectivity index (χ3v) is 4.96. The fourth-order valence-corrected chi connectivity index (χ4v) is 3.25. The highest BCUT2D eigenvalue weighted by Gasteiger charge is 2.34. The quantitative estimate of drug-likeness (QED) is 0.703. The van der Waals surface area contributed by atoms with Gasteiger partial charge in [0, 0.05) is 32.6 Å². The molecule has 0 radical (unpaired) electrons. The Morgan fingerprint density at radius 2 is 1.86 bits per heavy atom. The van der Waals surface area contributed by atoms with Gasteiger partial charge in [-0.1, -0.05) is 25.5 Å². The van der Waals surface area contributed by atoms with E-state index in [9.17, 15) is 22.8 Å². The SMILES string of the molecule is CCCCN(C)C(=O)C1CCN(C(=O)COc2ccccc2C(F)(F)F)CC1. The Morgan fingerprint density at radius 3 is 2.46 bits per heavy atom. The molecule has 0 bridgehead atoms. The van der Waals surface area contributed by atoms with E-state index in [1.807, 2.05) is 0 Å². The zero-order valence-electron chi connectivity index (χ0n) is 16.3. The van der Waals surface area contributed by atoms with Crippen molar-refractivity contribution in [3.8, 4) is 5.75 Å². The highest BCUT2D eigenvalue weighted by molar-refractivity contribution is 5.80. The lowest BCUT2D eigenvalue weighted by atomic mass is 9.95. The molecule has 1 aliphatic heterocycles. The second-order valence-corrected chi connectivity index (χ2v) is 7.05. The number of rotatable bonds is 7. The highest BCUT2D eigenvalue weighted by atomic mass is 19.4. The van der Waals surface area contributed by atoms with Crippen LogP contribution in [-0.2, 0) is 15.8 Å². The van der Waals surface area contributed by atoms with E-state index in [1.54, 1.807) is 16.8 Å². The molecule has 1 aliphatic rings. The summed E-state index contributed by atoms with van der Waals surface area (Å²) >= 11 is 0. The molecule has 1 saturated heterocycles. The number of piperidine rings is 1. The van der Waals surface area contributed by atoms with Crippen LogP contribution in [0.1, 0.15) is 38.2 Å². The van der Waals surface area contributed by atoms with Crippen molar-refractivity contribution in [1.82, 2.24) is 9.80 Å². The Hall–Kier alpha value is -2.25. The summed E-state index contributed by atoms with van der Waals surface area (Å²) in [7, 11) is 1.79. The topological polar surface area (TPSA) is 49.9 Å². The Bertz CT molecular complexity index is 671. The molecule has 156 valence electrons. The van der Waals surface area contributed by atoms with Gasteiger partial charge in [-0.3, -0.25) is 9.59 Å². The first kappa shape index (κ1) is 22.0. The zero-order valence-corrected chi connectivity index (χ0v) is 16.3. The molecule has 5 nitrogen and oxygen atoms in total. The van der Waals surface area contributed by atoms with Crippen LogP contribution in [0.2, 0.25) is 0 Å². The first-order valence-electron chi connectivity index (χ1n) is 9.55. The molecule has 1 fully saturated rings. The lowest BCUT2D eigenvalue weighted by Crippen LogP contribution is -2.45. The van der Waals surface area contributed by atoms with Crippen LogP contribution >= 0.6 is 0 Å². The molecule has 1 heterocycles. The van der Waals surface area contributed by atoms with E-state index in [4.69, 9.17) is 4.74 Å². The van der Waals surface area contributed by atoms with Crippen LogP contribution in [0, 0.1) is 5.92 Å². The molecule has 1 aromatic rings. The normalized spacial score (nSPS) is 15.4. The number of unbranched alkanes of at least 4 members (excludes halogenated alkanes) is 1. The first-order valence-corrected chi connectivity index (χ1v) is 9.55. The first-order chi connectivity index (χ1) is 13.2. The van der Waals surface area contributed by atoms with Gasteiger partial charge in [-0.05, 0) is 31.4 Å². The maximum atomic E-state index is 13.0. The molecular weight excluding hydrogens is 373 g/mol. The minimum absolute atomic E-state index is 0.0934. The maximum Gasteiger partial charge on any atom is 0.419 e. The average Bonchev–Trinajstić information content (AvgIpc) is 2.69. The predicted molar refractivity (Wildman–Crippen MR) is 98.8 cm³/mol. The van der Waals surface area contributed by atoms with Crippen LogP contribution in [0.4, 0.5) is 13.2 Å². The number of hydrogen-bond acceptors (Lipinski definition) is 3. The van der Waals surface area contributed by atoms with Gasteiger partial charge in [-0.15, -0.1) is 0 Å². The molecule has 1 aromatic carbocycles. The average molecular weight is 400 g/mol. The van der Waals surface area contributed by atoms with E-state index in [0.29, 0.717) is 25.9 Å². The summed E-state index contributed by atoms with van der Waals surface area (Å²) in [6, 6.07) is 4.83. The molecular formula is C20H27F3N2O3. The maximum absolute atomic E-state index is 13.0. The van der Waals surface area contributed by atoms with Crippen LogP contribution in [0.15, 0.2) is 24.3 Å². The number of likely N-dealkylation sites (tertiary alicyclic amines) is 1. The smallest absolute Gasteiger partial charge is 0.419 e. The Labute approximate surface area is 163 Å². The third kappa shape index (κ3) is 5.87. The van der Waals surface area contributed by atoms with Crippen LogP contribution in [0.25, 0.3) is 0 Å². The molecule has 0 aromatic heterocycles. The van der Waals surface area contributed by atoms with E-state index in [0.717, 1.165) is 25.5 Å². The van der Waals surface area contributed by atoms with E-state index in [-0.39, 0.29) is 23.5 Å². The van der Waals surface area contributed by atoms with Crippen molar-refractivity contribution in [1.29, 1.82) is 0 Å². The summed E-state index contributed by atoms with van der Waals surface area (Å²) in [4.78, 5) is 28.0. The number of benzene rings is 1. The molecule has 8 heteroatoms. The summed E-state index contributed by atoms with van der Waals surface area (Å²) < 4.78 is 44.1. The minimum atomic E-state index is -4.54. The van der Waals surface area contributed by atoms with E-state index >= 15 is 0 Å². The zero-order chi connectivity index (χ0) is 20.7. The van der Waals surface area contributed by atoms with Crippen molar-refractivity contribution < 1.29 is 27.5 Å². The van der Waals surface area contributed by atoms with Gasteiger partial charge in [0.05, 0.1) is 5.56 Å². The third-order valence-electron chi connectivity index (χ3n) is 4.96. The van der Waals surface area contributed by atoms with Gasteiger partial charge in [0.2, 0.25) is 5.91 Å². The van der Waals surface area contributed by atoms with E-state index < -0.39 is 18.3 Å². The Morgan fingerprint density at radius 1 is 1.21 bits per heavy atom. The summed E-state index contributed by atoms with van der Waals surface area (Å²) in [6.07, 6.45) is -1.46. The molecule has 0 saturated carbocycles. The van der Waals surface area contributed by atoms with Crippen molar-refractivity contribution in [3.63, 3.8) is 0 Å². The van der Waals surface area contributed by atoms with Gasteiger partial charge >= 0.3 is 6.18 Å². The summed E-state index contributed by atoms with van der Waals surface area (Å²) in [6.45, 7) is 3.14. The lowest BCUT2D eigenvalue weighted by Gasteiger charge is -2.33. The number of nitrogens with zero attached hydrogens (tertiary/aromatic N) is 2. The van der Waals surface area contributed by atoms with Gasteiger partial charge in [-0.2, -0.15) is 13.2 Å². The van der Waals surface area contributed by atoms with Crippen LogP contribution in [0.5, 0.6) is 5.75 Å².